The van der Waals surface area contributed by atoms with Gasteiger partial charge in [0.2, 0.25) is 0 Å². The average Bonchev–Trinajstić information content (AvgIpc) is 2.24. The smallest absolute Gasteiger partial charge is 0.327 e. The van der Waals surface area contributed by atoms with Crippen LogP contribution in [0, 0.1) is 17.2 Å². The van der Waals surface area contributed by atoms with Crippen LogP contribution < -0.4 is 0 Å². The fraction of sp³-hybridized carbons (Fsp3) is 0.200. The zero-order valence-corrected chi connectivity index (χ0v) is 10.1. The summed E-state index contributed by atoms with van der Waals surface area (Å²) in [6, 6.07) is 1.83. The molecule has 16 heavy (non-hydrogen) atoms. The minimum atomic E-state index is -1.54. The van der Waals surface area contributed by atoms with Crippen molar-refractivity contribution in [3.63, 3.8) is 0 Å². The summed E-state index contributed by atoms with van der Waals surface area (Å²) in [5.74, 6) is -1.76. The van der Waals surface area contributed by atoms with Crippen molar-refractivity contribution >= 4 is 40.8 Å². The number of carbonyl (C=O) groups is 1. The second-order valence-electron chi connectivity index (χ2n) is 3.07. The van der Waals surface area contributed by atoms with Gasteiger partial charge in [-0.25, -0.2) is 4.79 Å². The fourth-order valence-corrected chi connectivity index (χ4v) is 1.97. The lowest BCUT2D eigenvalue weighted by molar-refractivity contribution is -0.131. The standard InChI is InChI=1S/C10H6Cl3NO2/c11-7-3-1-6(2-4-8(15)16)10(13,5-14)9(7)12/h1-4,6H,(H,15,16)/b4-2+. The van der Waals surface area contributed by atoms with Crippen molar-refractivity contribution in [1.82, 2.24) is 0 Å². The van der Waals surface area contributed by atoms with Gasteiger partial charge in [0.15, 0.2) is 4.87 Å². The molecular weight excluding hydrogens is 272 g/mol. The van der Waals surface area contributed by atoms with Crippen LogP contribution in [0.15, 0.2) is 34.4 Å². The summed E-state index contributed by atoms with van der Waals surface area (Å²) in [5.41, 5.74) is 0. The molecule has 2 atom stereocenters. The van der Waals surface area contributed by atoms with Gasteiger partial charge in [-0.05, 0) is 6.08 Å². The molecule has 0 aromatic carbocycles. The van der Waals surface area contributed by atoms with E-state index in [2.05, 4.69) is 0 Å². The lowest BCUT2D eigenvalue weighted by atomic mass is 9.88. The number of hydrogen-bond acceptors (Lipinski definition) is 2. The number of nitrogens with zero attached hydrogens (tertiary/aromatic N) is 1. The molecule has 0 radical (unpaired) electrons. The Morgan fingerprint density at radius 2 is 2.25 bits per heavy atom. The van der Waals surface area contributed by atoms with Gasteiger partial charge < -0.3 is 5.11 Å². The van der Waals surface area contributed by atoms with Gasteiger partial charge in [-0.15, -0.1) is 0 Å². The predicted molar refractivity (Wildman–Crippen MR) is 62.3 cm³/mol. The fourth-order valence-electron chi connectivity index (χ4n) is 1.22. The van der Waals surface area contributed by atoms with Crippen LogP contribution >= 0.6 is 34.8 Å². The number of carboxylic acid groups (broad SMARTS) is 1. The maximum atomic E-state index is 10.4. The van der Waals surface area contributed by atoms with Gasteiger partial charge in [-0.3, -0.25) is 0 Å². The molecule has 0 amide bonds. The molecule has 1 aliphatic carbocycles. The van der Waals surface area contributed by atoms with Crippen molar-refractivity contribution in [2.45, 2.75) is 4.87 Å². The highest BCUT2D eigenvalue weighted by Gasteiger charge is 2.41. The third-order valence-electron chi connectivity index (χ3n) is 2.05. The molecular formula is C10H6Cl3NO2. The Hall–Kier alpha value is -0.950. The number of hydrogen-bond donors (Lipinski definition) is 1. The highest BCUT2D eigenvalue weighted by atomic mass is 35.5. The second kappa shape index (κ2) is 4.92. The molecule has 0 spiro atoms. The van der Waals surface area contributed by atoms with E-state index in [9.17, 15) is 4.79 Å². The van der Waals surface area contributed by atoms with Crippen LogP contribution in [-0.4, -0.2) is 16.0 Å². The van der Waals surface area contributed by atoms with E-state index < -0.39 is 16.8 Å². The van der Waals surface area contributed by atoms with Crippen LogP contribution in [-0.2, 0) is 4.79 Å². The Labute approximate surface area is 107 Å². The number of carboxylic acids is 1. The zero-order valence-electron chi connectivity index (χ0n) is 7.82. The molecule has 0 saturated carbocycles. The average molecular weight is 279 g/mol. The number of halogens is 3. The summed E-state index contributed by atoms with van der Waals surface area (Å²) in [6.45, 7) is 0. The molecule has 0 aliphatic heterocycles. The third kappa shape index (κ3) is 2.41. The number of alkyl halides is 1. The number of allylic oxidation sites excluding steroid dienone is 5. The van der Waals surface area contributed by atoms with E-state index in [1.165, 1.54) is 18.2 Å². The molecule has 1 rings (SSSR count). The van der Waals surface area contributed by atoms with Gasteiger partial charge in [0, 0.05) is 12.0 Å². The molecule has 0 heterocycles. The summed E-state index contributed by atoms with van der Waals surface area (Å²) in [6.07, 6.45) is 5.22. The van der Waals surface area contributed by atoms with Gasteiger partial charge in [-0.1, -0.05) is 47.0 Å². The topological polar surface area (TPSA) is 61.1 Å². The van der Waals surface area contributed by atoms with Crippen molar-refractivity contribution in [1.29, 1.82) is 5.26 Å². The van der Waals surface area contributed by atoms with Gasteiger partial charge in [0.25, 0.3) is 0 Å². The minimum Gasteiger partial charge on any atom is -0.478 e. The quantitative estimate of drug-likeness (QED) is 0.624. The first kappa shape index (κ1) is 13.1. The molecule has 1 aliphatic rings. The van der Waals surface area contributed by atoms with E-state index in [0.717, 1.165) is 6.08 Å². The summed E-state index contributed by atoms with van der Waals surface area (Å²) >= 11 is 17.6. The minimum absolute atomic E-state index is 0.000808. The van der Waals surface area contributed by atoms with Crippen LogP contribution in [0.1, 0.15) is 0 Å². The predicted octanol–water partition coefficient (Wildman–Crippen LogP) is 3.00. The first-order chi connectivity index (χ1) is 7.41. The number of aliphatic carboxylic acids is 1. The van der Waals surface area contributed by atoms with Crippen LogP contribution in [0.4, 0.5) is 0 Å². The molecule has 1 N–H and O–H groups in total. The van der Waals surface area contributed by atoms with Crippen LogP contribution in [0.25, 0.3) is 0 Å². The van der Waals surface area contributed by atoms with Crippen molar-refractivity contribution in [2.24, 2.45) is 5.92 Å². The Balaban J connectivity index is 3.12. The Kier molecular flexibility index (Phi) is 4.03. The van der Waals surface area contributed by atoms with Gasteiger partial charge in [-0.2, -0.15) is 5.26 Å². The van der Waals surface area contributed by atoms with Crippen molar-refractivity contribution in [2.75, 3.05) is 0 Å². The summed E-state index contributed by atoms with van der Waals surface area (Å²) in [4.78, 5) is 8.84. The summed E-state index contributed by atoms with van der Waals surface area (Å²) < 4.78 is 0. The maximum Gasteiger partial charge on any atom is 0.327 e. The van der Waals surface area contributed by atoms with Crippen LogP contribution in [0.2, 0.25) is 0 Å². The number of rotatable bonds is 2. The lowest BCUT2D eigenvalue weighted by Gasteiger charge is -2.27. The maximum absolute atomic E-state index is 10.4. The molecule has 2 unspecified atom stereocenters. The van der Waals surface area contributed by atoms with E-state index in [-0.39, 0.29) is 10.1 Å². The van der Waals surface area contributed by atoms with E-state index in [1.54, 1.807) is 0 Å². The van der Waals surface area contributed by atoms with Crippen molar-refractivity contribution < 1.29 is 9.90 Å². The highest BCUT2D eigenvalue weighted by molar-refractivity contribution is 6.46. The second-order valence-corrected chi connectivity index (χ2v) is 4.45. The normalized spacial score (nSPS) is 29.5. The number of nitriles is 1. The molecule has 0 fully saturated rings. The first-order valence-electron chi connectivity index (χ1n) is 4.17. The van der Waals surface area contributed by atoms with Gasteiger partial charge in [0.1, 0.15) is 0 Å². The molecule has 6 heteroatoms. The Morgan fingerprint density at radius 1 is 1.62 bits per heavy atom. The first-order valence-corrected chi connectivity index (χ1v) is 5.30. The molecule has 84 valence electrons. The summed E-state index contributed by atoms with van der Waals surface area (Å²) in [7, 11) is 0. The van der Waals surface area contributed by atoms with Crippen molar-refractivity contribution in [3.05, 3.63) is 34.4 Å². The SMILES string of the molecule is N#CC1(Cl)C(Cl)=C(Cl)C=CC1/C=C/C(=O)O. The van der Waals surface area contributed by atoms with E-state index in [4.69, 9.17) is 45.2 Å². The van der Waals surface area contributed by atoms with Crippen molar-refractivity contribution in [3.8, 4) is 6.07 Å². The zero-order chi connectivity index (χ0) is 12.3. The Morgan fingerprint density at radius 3 is 2.75 bits per heavy atom. The molecule has 3 nitrogen and oxygen atoms in total. The third-order valence-corrected chi connectivity index (χ3v) is 3.58. The van der Waals surface area contributed by atoms with Crippen LogP contribution in [0.5, 0.6) is 0 Å². The molecule has 0 bridgehead atoms. The highest BCUT2D eigenvalue weighted by Crippen LogP contribution is 2.43. The van der Waals surface area contributed by atoms with E-state index in [1.807, 2.05) is 6.07 Å². The van der Waals surface area contributed by atoms with Gasteiger partial charge >= 0.3 is 5.97 Å². The van der Waals surface area contributed by atoms with Gasteiger partial charge in [0.05, 0.1) is 16.1 Å². The Bertz CT molecular complexity index is 445. The van der Waals surface area contributed by atoms with Crippen LogP contribution in [0.3, 0.4) is 0 Å². The lowest BCUT2D eigenvalue weighted by Crippen LogP contribution is -2.31. The van der Waals surface area contributed by atoms with E-state index >= 15 is 0 Å². The molecule has 0 aromatic heterocycles. The molecule has 0 aromatic rings. The largest absolute Gasteiger partial charge is 0.478 e. The van der Waals surface area contributed by atoms with E-state index in [0.29, 0.717) is 0 Å². The monoisotopic (exact) mass is 277 g/mol. The summed E-state index contributed by atoms with van der Waals surface area (Å²) in [5, 5.41) is 17.7. The molecule has 0 saturated heterocycles.